The molecule has 0 radical (unpaired) electrons. The molecule has 15 heavy (non-hydrogen) atoms. The summed E-state index contributed by atoms with van der Waals surface area (Å²) in [4.78, 5) is 9.23. The predicted octanol–water partition coefficient (Wildman–Crippen LogP) is 1.21. The Labute approximate surface area is 83.6 Å². The maximum Gasteiger partial charge on any atom is 0.307 e. The van der Waals surface area contributed by atoms with Crippen LogP contribution in [0.1, 0.15) is 0 Å². The van der Waals surface area contributed by atoms with Gasteiger partial charge in [-0.2, -0.15) is 4.39 Å². The molecule has 2 N–H and O–H groups in total. The molecule has 82 valence electrons. The first kappa shape index (κ1) is 11.3. The van der Waals surface area contributed by atoms with Crippen molar-refractivity contribution in [1.82, 2.24) is 0 Å². The highest BCUT2D eigenvalue weighted by Gasteiger charge is 2.18. The monoisotopic (exact) mass is 218 g/mol. The first-order valence-electron chi connectivity index (χ1n) is 4.02. The van der Waals surface area contributed by atoms with E-state index in [-0.39, 0.29) is 18.9 Å². The van der Waals surface area contributed by atoms with Gasteiger partial charge in [0.15, 0.2) is 11.6 Å². The summed E-state index contributed by atoms with van der Waals surface area (Å²) in [6.07, 6.45) is 0. The number of hydrogen-bond acceptors (Lipinski definition) is 4. The van der Waals surface area contributed by atoms with Crippen LogP contribution in [0.2, 0.25) is 0 Å². The van der Waals surface area contributed by atoms with Crippen LogP contribution in [0.25, 0.3) is 0 Å². The number of ether oxygens (including phenoxy) is 1. The fourth-order valence-electron chi connectivity index (χ4n) is 0.937. The summed E-state index contributed by atoms with van der Waals surface area (Å²) in [7, 11) is 0. The topological polar surface area (TPSA) is 78.4 Å². The van der Waals surface area contributed by atoms with Crippen molar-refractivity contribution in [2.75, 3.05) is 13.2 Å². The second-order valence-corrected chi connectivity index (χ2v) is 2.63. The first-order valence-corrected chi connectivity index (χ1v) is 4.02. The highest BCUT2D eigenvalue weighted by atomic mass is 19.1. The molecular formula is C8H8F2N2O3. The fourth-order valence-corrected chi connectivity index (χ4v) is 0.937. The number of nitrogens with two attached hydrogens (primary N) is 1. The van der Waals surface area contributed by atoms with E-state index >= 15 is 0 Å². The third kappa shape index (κ3) is 2.59. The van der Waals surface area contributed by atoms with Gasteiger partial charge in [0.1, 0.15) is 6.61 Å². The van der Waals surface area contributed by atoms with E-state index in [1.807, 2.05) is 0 Å². The summed E-state index contributed by atoms with van der Waals surface area (Å²) < 4.78 is 30.8. The van der Waals surface area contributed by atoms with E-state index in [0.717, 1.165) is 0 Å². The molecule has 0 heterocycles. The second kappa shape index (κ2) is 4.65. The van der Waals surface area contributed by atoms with Crippen LogP contribution in [-0.4, -0.2) is 18.1 Å². The minimum Gasteiger partial charge on any atom is -0.489 e. The van der Waals surface area contributed by atoms with Crippen LogP contribution < -0.4 is 10.5 Å². The Hall–Kier alpha value is -1.76. The highest BCUT2D eigenvalue weighted by molar-refractivity contribution is 5.39. The maximum absolute atomic E-state index is 13.1. The van der Waals surface area contributed by atoms with Crippen molar-refractivity contribution in [2.24, 2.45) is 5.73 Å². The van der Waals surface area contributed by atoms with E-state index in [0.29, 0.717) is 12.1 Å². The molecule has 0 atom stereocenters. The van der Waals surface area contributed by atoms with Gasteiger partial charge in [-0.05, 0) is 0 Å². The average molecular weight is 218 g/mol. The van der Waals surface area contributed by atoms with Gasteiger partial charge in [-0.25, -0.2) is 4.39 Å². The van der Waals surface area contributed by atoms with E-state index in [1.54, 1.807) is 0 Å². The molecule has 0 aliphatic heterocycles. The van der Waals surface area contributed by atoms with Crippen LogP contribution in [-0.2, 0) is 0 Å². The molecule has 0 saturated carbocycles. The lowest BCUT2D eigenvalue weighted by atomic mass is 10.3. The van der Waals surface area contributed by atoms with Gasteiger partial charge in [-0.15, -0.1) is 0 Å². The number of halogens is 2. The summed E-state index contributed by atoms with van der Waals surface area (Å²) in [6, 6.07) is 1.10. The molecule has 1 aromatic carbocycles. The molecule has 0 aromatic heterocycles. The van der Waals surface area contributed by atoms with Crippen LogP contribution in [0, 0.1) is 21.7 Å². The Morgan fingerprint density at radius 3 is 2.60 bits per heavy atom. The van der Waals surface area contributed by atoms with Crippen LogP contribution in [0.4, 0.5) is 14.5 Å². The standard InChI is InChI=1S/C8H8F2N2O3/c9-5-4-8(15-2-1-11)6(10)3-7(5)12(13)14/h3-4H,1-2,11H2. The lowest BCUT2D eigenvalue weighted by Gasteiger charge is -2.05. The molecule has 7 heteroatoms. The van der Waals surface area contributed by atoms with Gasteiger partial charge in [-0.3, -0.25) is 10.1 Å². The van der Waals surface area contributed by atoms with E-state index in [9.17, 15) is 18.9 Å². The normalized spacial score (nSPS) is 10.1. The molecule has 0 bridgehead atoms. The largest absolute Gasteiger partial charge is 0.489 e. The van der Waals surface area contributed by atoms with Gasteiger partial charge in [0.05, 0.1) is 11.0 Å². The number of hydrogen-bond donors (Lipinski definition) is 1. The molecule has 5 nitrogen and oxygen atoms in total. The van der Waals surface area contributed by atoms with Crippen LogP contribution in [0.15, 0.2) is 12.1 Å². The third-order valence-corrected chi connectivity index (χ3v) is 1.57. The molecule has 0 aliphatic rings. The SMILES string of the molecule is NCCOc1cc(F)c([N+](=O)[O-])cc1F. The molecule has 0 aliphatic carbocycles. The molecule has 0 saturated heterocycles. The van der Waals surface area contributed by atoms with Gasteiger partial charge in [0, 0.05) is 12.6 Å². The number of nitro benzene ring substituents is 1. The van der Waals surface area contributed by atoms with Gasteiger partial charge in [0.25, 0.3) is 0 Å². The van der Waals surface area contributed by atoms with Crippen molar-refractivity contribution in [3.8, 4) is 5.75 Å². The molecule has 1 rings (SSSR count). The van der Waals surface area contributed by atoms with Gasteiger partial charge in [-0.1, -0.05) is 0 Å². The van der Waals surface area contributed by atoms with E-state index in [4.69, 9.17) is 10.5 Å². The van der Waals surface area contributed by atoms with Crippen molar-refractivity contribution in [2.45, 2.75) is 0 Å². The van der Waals surface area contributed by atoms with Crippen molar-refractivity contribution in [3.05, 3.63) is 33.9 Å². The average Bonchev–Trinajstić information content (AvgIpc) is 2.18. The number of rotatable bonds is 4. The maximum atomic E-state index is 13.1. The van der Waals surface area contributed by atoms with Crippen LogP contribution in [0.5, 0.6) is 5.75 Å². The lowest BCUT2D eigenvalue weighted by molar-refractivity contribution is -0.387. The summed E-state index contributed by atoms with van der Waals surface area (Å²) in [5, 5.41) is 10.2. The molecule has 1 aromatic rings. The smallest absolute Gasteiger partial charge is 0.307 e. The molecule has 0 unspecified atom stereocenters. The Morgan fingerprint density at radius 2 is 2.07 bits per heavy atom. The zero-order chi connectivity index (χ0) is 11.4. The minimum absolute atomic E-state index is 0.00811. The number of nitro groups is 1. The molecular weight excluding hydrogens is 210 g/mol. The summed E-state index contributed by atoms with van der Waals surface area (Å²) >= 11 is 0. The van der Waals surface area contributed by atoms with Crippen molar-refractivity contribution < 1.29 is 18.4 Å². The zero-order valence-electron chi connectivity index (χ0n) is 7.57. The third-order valence-electron chi connectivity index (χ3n) is 1.57. The summed E-state index contributed by atoms with van der Waals surface area (Å²) in [5.41, 5.74) is 4.17. The van der Waals surface area contributed by atoms with Gasteiger partial charge >= 0.3 is 5.69 Å². The number of nitrogens with zero attached hydrogens (tertiary/aromatic N) is 1. The van der Waals surface area contributed by atoms with E-state index in [2.05, 4.69) is 0 Å². The lowest BCUT2D eigenvalue weighted by Crippen LogP contribution is -2.11. The predicted molar refractivity (Wildman–Crippen MR) is 47.6 cm³/mol. The van der Waals surface area contributed by atoms with E-state index in [1.165, 1.54) is 0 Å². The highest BCUT2D eigenvalue weighted by Crippen LogP contribution is 2.26. The Bertz CT molecular complexity index is 384. The van der Waals surface area contributed by atoms with Crippen LogP contribution in [0.3, 0.4) is 0 Å². The summed E-state index contributed by atoms with van der Waals surface area (Å²) in [6.45, 7) is 0.145. The van der Waals surface area contributed by atoms with Gasteiger partial charge < -0.3 is 10.5 Å². The second-order valence-electron chi connectivity index (χ2n) is 2.63. The van der Waals surface area contributed by atoms with E-state index < -0.39 is 22.2 Å². The van der Waals surface area contributed by atoms with Crippen LogP contribution >= 0.6 is 0 Å². The minimum atomic E-state index is -1.14. The molecule has 0 fully saturated rings. The van der Waals surface area contributed by atoms with Crippen molar-refractivity contribution in [3.63, 3.8) is 0 Å². The van der Waals surface area contributed by atoms with Crippen molar-refractivity contribution >= 4 is 5.69 Å². The quantitative estimate of drug-likeness (QED) is 0.608. The Morgan fingerprint density at radius 1 is 1.40 bits per heavy atom. The first-order chi connectivity index (χ1) is 7.06. The number of benzene rings is 1. The Balaban J connectivity index is 3.02. The molecule has 0 amide bonds. The fraction of sp³-hybridized carbons (Fsp3) is 0.250. The van der Waals surface area contributed by atoms with Crippen molar-refractivity contribution in [1.29, 1.82) is 0 Å². The van der Waals surface area contributed by atoms with Gasteiger partial charge in [0.2, 0.25) is 5.82 Å². The Kier molecular flexibility index (Phi) is 3.51. The molecule has 0 spiro atoms. The summed E-state index contributed by atoms with van der Waals surface area (Å²) in [5.74, 6) is -2.52. The zero-order valence-corrected chi connectivity index (χ0v) is 7.57.